The average molecular weight is 1280 g/mol. The maximum Gasteiger partial charge on any atom is 0.243 e. The standard InChI is InChI=1S/C63H110N18O10/c1-38(2)32-49(54(69)83)78-61(90)51(34-40(5)6)80-58(87)47(23-12-16-30-67)74-56(85)46(22-11-15-29-66)77-62(91)52(36-41-25-26-42-18-7-8-19-43(42)35-41)81-59(88)48(24-17-31-72-63(70)71)75-57(86)45(21-10-14-28-65)76-60(89)50(33-39(3)4)79-55(84)44(20-9-13-27-64)73-53(82)37-68/h7-8,18-19,25-26,35,38-40,44-52H,9-17,20-24,27-34,36-37,64-68H2,1-6H3,(H2,69,83)(H,73,82)(H,74,85)(H,75,86)(H,76,89)(H,77,91)(H,78,90)(H,79,84)(H,80,87)(H,81,88)(H4,70,71,72)/t44-,45-,46-,47-,48-,49-,50-,51-,52-/m0/s1. The molecule has 0 saturated carbocycles. The molecule has 0 fully saturated rings. The molecule has 0 radical (unpaired) electrons. The molecule has 25 N–H and O–H groups in total. The number of nitrogens with two attached hydrogens (primary N) is 8. The van der Waals surface area contributed by atoms with Crippen LogP contribution in [-0.2, 0) is 54.4 Å². The Balaban J connectivity index is 2.70. The van der Waals surface area contributed by atoms with Crippen molar-refractivity contribution in [2.24, 2.45) is 68.6 Å². The van der Waals surface area contributed by atoms with Crippen molar-refractivity contribution in [3.63, 3.8) is 0 Å². The lowest BCUT2D eigenvalue weighted by molar-refractivity contribution is -0.136. The van der Waals surface area contributed by atoms with Crippen LogP contribution < -0.4 is 93.7 Å². The molecular weight excluding hydrogens is 1170 g/mol. The monoisotopic (exact) mass is 1280 g/mol. The minimum Gasteiger partial charge on any atom is -0.370 e. The van der Waals surface area contributed by atoms with E-state index in [0.717, 1.165) is 10.8 Å². The van der Waals surface area contributed by atoms with E-state index in [2.05, 4.69) is 52.8 Å². The topological polar surface area (TPSA) is 499 Å². The van der Waals surface area contributed by atoms with Crippen LogP contribution in [0.5, 0.6) is 0 Å². The van der Waals surface area contributed by atoms with Gasteiger partial charge in [-0.3, -0.25) is 52.9 Å². The number of hydrogen-bond donors (Lipinski definition) is 17. The molecule has 10 amide bonds. The number of rotatable bonds is 47. The molecule has 0 heterocycles. The normalized spacial score (nSPS) is 14.3. The van der Waals surface area contributed by atoms with Crippen LogP contribution in [0.15, 0.2) is 47.5 Å². The molecule has 0 unspecified atom stereocenters. The van der Waals surface area contributed by atoms with Crippen molar-refractivity contribution in [3.8, 4) is 0 Å². The first kappa shape index (κ1) is 79.6. The number of carbonyl (C=O) groups excluding carboxylic acids is 10. The van der Waals surface area contributed by atoms with Gasteiger partial charge in [-0.25, -0.2) is 0 Å². The summed E-state index contributed by atoms with van der Waals surface area (Å²) in [6.45, 7) is 12.0. The van der Waals surface area contributed by atoms with Crippen LogP contribution in [0.25, 0.3) is 10.8 Å². The summed E-state index contributed by atoms with van der Waals surface area (Å²) in [6.07, 6.45) is 4.59. The van der Waals surface area contributed by atoms with Crippen LogP contribution in [0.3, 0.4) is 0 Å². The predicted octanol–water partition coefficient (Wildman–Crippen LogP) is -1.10. The number of benzene rings is 2. The van der Waals surface area contributed by atoms with E-state index in [1.165, 1.54) is 0 Å². The Labute approximate surface area is 537 Å². The average Bonchev–Trinajstić information content (AvgIpc) is 1.06. The minimum atomic E-state index is -1.41. The van der Waals surface area contributed by atoms with Crippen molar-refractivity contribution in [3.05, 3.63) is 48.0 Å². The lowest BCUT2D eigenvalue weighted by Gasteiger charge is -2.29. The maximum atomic E-state index is 15.0. The SMILES string of the molecule is CC(C)C[C@H](NC(=O)[C@H](CC(C)C)NC(=O)[C@H](CCCCN)NC(=O)[C@H](CCCCN)NC(=O)[C@H](Cc1ccc2ccccc2c1)NC(=O)[C@H](CCCN=C(N)N)NC(=O)[C@H](CCCCN)NC(=O)[C@H](CC(C)C)NC(=O)[C@H](CCCCN)NC(=O)CN)C(N)=O. The number of nitrogens with one attached hydrogen (secondary N) is 9. The van der Waals surface area contributed by atoms with Crippen molar-refractivity contribution in [2.75, 3.05) is 39.3 Å². The number of carbonyl (C=O) groups is 10. The van der Waals surface area contributed by atoms with Gasteiger partial charge in [-0.1, -0.05) is 84.0 Å². The molecule has 0 saturated heterocycles. The molecule has 0 bridgehead atoms. The molecule has 0 aliphatic heterocycles. The second-order valence-electron chi connectivity index (χ2n) is 24.6. The zero-order valence-corrected chi connectivity index (χ0v) is 54.6. The Bertz CT molecular complexity index is 2640. The van der Waals surface area contributed by atoms with Crippen molar-refractivity contribution in [1.29, 1.82) is 0 Å². The van der Waals surface area contributed by atoms with Gasteiger partial charge in [0, 0.05) is 13.0 Å². The minimum absolute atomic E-state index is 0.00778. The smallest absolute Gasteiger partial charge is 0.243 e. The Morgan fingerprint density at radius 2 is 0.692 bits per heavy atom. The molecule has 0 aliphatic rings. The molecule has 91 heavy (non-hydrogen) atoms. The van der Waals surface area contributed by atoms with E-state index in [0.29, 0.717) is 63.5 Å². The summed E-state index contributed by atoms with van der Waals surface area (Å²) in [5, 5.41) is 26.7. The molecule has 9 atom stereocenters. The van der Waals surface area contributed by atoms with Gasteiger partial charge in [-0.05, 0) is 169 Å². The Morgan fingerprint density at radius 3 is 1.05 bits per heavy atom. The molecule has 2 aromatic rings. The maximum absolute atomic E-state index is 15.0. The zero-order valence-electron chi connectivity index (χ0n) is 54.6. The third kappa shape index (κ3) is 31.9. The molecule has 0 aromatic heterocycles. The number of fused-ring (bicyclic) bond motifs is 1. The summed E-state index contributed by atoms with van der Waals surface area (Å²) < 4.78 is 0. The molecule has 512 valence electrons. The highest BCUT2D eigenvalue weighted by atomic mass is 16.2. The van der Waals surface area contributed by atoms with Crippen molar-refractivity contribution in [1.82, 2.24) is 47.9 Å². The van der Waals surface area contributed by atoms with E-state index in [4.69, 9.17) is 45.9 Å². The van der Waals surface area contributed by atoms with Gasteiger partial charge in [-0.2, -0.15) is 0 Å². The quantitative estimate of drug-likeness (QED) is 0.0212. The van der Waals surface area contributed by atoms with Gasteiger partial charge in [0.1, 0.15) is 54.4 Å². The number of amides is 10. The van der Waals surface area contributed by atoms with Crippen molar-refractivity contribution in [2.45, 2.75) is 211 Å². The van der Waals surface area contributed by atoms with Crippen LogP contribution >= 0.6 is 0 Å². The van der Waals surface area contributed by atoms with Gasteiger partial charge in [0.05, 0.1) is 6.54 Å². The van der Waals surface area contributed by atoms with Crippen LogP contribution in [0.2, 0.25) is 0 Å². The fourth-order valence-electron chi connectivity index (χ4n) is 10.2. The molecule has 2 aromatic carbocycles. The third-order valence-electron chi connectivity index (χ3n) is 15.0. The second kappa shape index (κ2) is 44.1. The van der Waals surface area contributed by atoms with E-state index < -0.39 is 113 Å². The lowest BCUT2D eigenvalue weighted by atomic mass is 9.99. The summed E-state index contributed by atoms with van der Waals surface area (Å²) in [7, 11) is 0. The van der Waals surface area contributed by atoms with E-state index in [1.54, 1.807) is 6.07 Å². The Morgan fingerprint density at radius 1 is 0.374 bits per heavy atom. The highest BCUT2D eigenvalue weighted by Gasteiger charge is 2.36. The number of primary amides is 1. The Kier molecular flexibility index (Phi) is 38.5. The van der Waals surface area contributed by atoms with Crippen LogP contribution in [0.4, 0.5) is 0 Å². The summed E-state index contributed by atoms with van der Waals surface area (Å²) in [5.41, 5.74) is 46.4. The summed E-state index contributed by atoms with van der Waals surface area (Å²) >= 11 is 0. The van der Waals surface area contributed by atoms with Crippen LogP contribution in [-0.4, -0.2) is 159 Å². The van der Waals surface area contributed by atoms with Gasteiger partial charge >= 0.3 is 0 Å². The first-order valence-electron chi connectivity index (χ1n) is 32.3. The molecule has 0 spiro atoms. The number of hydrogen-bond acceptors (Lipinski definition) is 16. The number of aliphatic imine (C=N–C) groups is 1. The van der Waals surface area contributed by atoms with E-state index in [-0.39, 0.29) is 121 Å². The highest BCUT2D eigenvalue weighted by molar-refractivity contribution is 5.99. The van der Waals surface area contributed by atoms with Crippen molar-refractivity contribution < 1.29 is 47.9 Å². The molecule has 2 rings (SSSR count). The first-order valence-corrected chi connectivity index (χ1v) is 32.3. The third-order valence-corrected chi connectivity index (χ3v) is 15.0. The summed E-state index contributed by atoms with van der Waals surface area (Å²) in [6, 6.07) is 2.15. The molecule has 0 aliphatic carbocycles. The van der Waals surface area contributed by atoms with E-state index >= 15 is 4.79 Å². The molecular formula is C63H110N18O10. The second-order valence-corrected chi connectivity index (χ2v) is 24.6. The fraction of sp³-hybridized carbons (Fsp3) is 0.667. The Hall–Kier alpha value is -7.53. The van der Waals surface area contributed by atoms with Gasteiger partial charge in [-0.15, -0.1) is 0 Å². The molecule has 28 nitrogen and oxygen atoms in total. The fourth-order valence-corrected chi connectivity index (χ4v) is 10.2. The molecule has 28 heteroatoms. The summed E-state index contributed by atoms with van der Waals surface area (Å²) in [4.78, 5) is 144. The number of unbranched alkanes of at least 4 members (excludes halogenated alkanes) is 4. The van der Waals surface area contributed by atoms with Crippen molar-refractivity contribution >= 4 is 75.8 Å². The van der Waals surface area contributed by atoms with Crippen LogP contribution in [0, 0.1) is 17.8 Å². The van der Waals surface area contributed by atoms with Gasteiger partial charge in [0.2, 0.25) is 59.1 Å². The highest BCUT2D eigenvalue weighted by Crippen LogP contribution is 2.19. The number of guanidine groups is 1. The van der Waals surface area contributed by atoms with Gasteiger partial charge < -0.3 is 93.7 Å². The van der Waals surface area contributed by atoms with E-state index in [9.17, 15) is 43.2 Å². The van der Waals surface area contributed by atoms with E-state index in [1.807, 2.05) is 77.9 Å². The lowest BCUT2D eigenvalue weighted by Crippen LogP contribution is -2.61. The largest absolute Gasteiger partial charge is 0.370 e. The van der Waals surface area contributed by atoms with Gasteiger partial charge in [0.15, 0.2) is 5.96 Å². The van der Waals surface area contributed by atoms with Gasteiger partial charge in [0.25, 0.3) is 0 Å². The predicted molar refractivity (Wildman–Crippen MR) is 353 cm³/mol. The zero-order chi connectivity index (χ0) is 68.0. The van der Waals surface area contributed by atoms with Crippen LogP contribution in [0.1, 0.15) is 156 Å². The number of nitrogens with zero attached hydrogens (tertiary/aromatic N) is 1. The first-order chi connectivity index (χ1) is 43.3. The summed E-state index contributed by atoms with van der Waals surface area (Å²) in [5.74, 6) is -7.52.